The minimum atomic E-state index is 0.0758. The largest absolute Gasteiger partial charge is 0.359 e. The van der Waals surface area contributed by atoms with E-state index >= 15 is 0 Å². The van der Waals surface area contributed by atoms with Crippen LogP contribution in [0.3, 0.4) is 0 Å². The summed E-state index contributed by atoms with van der Waals surface area (Å²) in [4.78, 5) is 16.8. The van der Waals surface area contributed by atoms with Crippen molar-refractivity contribution in [1.29, 1.82) is 0 Å². The van der Waals surface area contributed by atoms with E-state index in [1.165, 1.54) is 0 Å². The summed E-state index contributed by atoms with van der Waals surface area (Å²) < 4.78 is 3.64. The molecule has 7 heteroatoms. The Kier molecular flexibility index (Phi) is 3.55. The summed E-state index contributed by atoms with van der Waals surface area (Å²) in [6.45, 7) is 0. The first-order chi connectivity index (χ1) is 11.7. The number of aromatic nitrogens is 5. The normalized spacial score (nSPS) is 20.6. The molecule has 0 aliphatic heterocycles. The summed E-state index contributed by atoms with van der Waals surface area (Å²) in [6, 6.07) is 1.99. The molecule has 0 unspecified atom stereocenters. The Morgan fingerprint density at radius 2 is 2.17 bits per heavy atom. The molecule has 4 rings (SSSR count). The predicted molar refractivity (Wildman–Crippen MR) is 89.3 cm³/mol. The van der Waals surface area contributed by atoms with Gasteiger partial charge in [-0.15, -0.1) is 0 Å². The van der Waals surface area contributed by atoms with Gasteiger partial charge in [0, 0.05) is 37.7 Å². The van der Waals surface area contributed by atoms with Crippen LogP contribution in [0, 0.1) is 5.92 Å². The lowest BCUT2D eigenvalue weighted by molar-refractivity contribution is -0.124. The Morgan fingerprint density at radius 3 is 2.92 bits per heavy atom. The zero-order valence-corrected chi connectivity index (χ0v) is 13.8. The Morgan fingerprint density at radius 1 is 1.29 bits per heavy atom. The van der Waals surface area contributed by atoms with Gasteiger partial charge in [-0.1, -0.05) is 0 Å². The van der Waals surface area contributed by atoms with Crippen molar-refractivity contribution in [3.8, 4) is 11.3 Å². The molecule has 0 bridgehead atoms. The summed E-state index contributed by atoms with van der Waals surface area (Å²) in [5.74, 6) is 0.486. The van der Waals surface area contributed by atoms with Crippen LogP contribution in [0.15, 0.2) is 30.9 Å². The van der Waals surface area contributed by atoms with E-state index in [1.54, 1.807) is 17.9 Å². The number of nitrogens with zero attached hydrogens (tertiary/aromatic N) is 5. The molecule has 1 fully saturated rings. The molecule has 124 valence electrons. The van der Waals surface area contributed by atoms with E-state index in [9.17, 15) is 4.79 Å². The highest BCUT2D eigenvalue weighted by atomic mass is 16.1. The first kappa shape index (κ1) is 14.9. The van der Waals surface area contributed by atoms with Gasteiger partial charge in [0.25, 0.3) is 0 Å². The highest BCUT2D eigenvalue weighted by Gasteiger charge is 2.32. The lowest BCUT2D eigenvalue weighted by atomic mass is 9.99. The second kappa shape index (κ2) is 5.74. The Labute approximate surface area is 139 Å². The van der Waals surface area contributed by atoms with Crippen molar-refractivity contribution in [3.05, 3.63) is 36.5 Å². The predicted octanol–water partition coefficient (Wildman–Crippen LogP) is 1.76. The van der Waals surface area contributed by atoms with Gasteiger partial charge in [0.2, 0.25) is 5.91 Å². The van der Waals surface area contributed by atoms with E-state index in [1.807, 2.05) is 36.2 Å². The van der Waals surface area contributed by atoms with Crippen LogP contribution < -0.4 is 5.32 Å². The third-order valence-corrected chi connectivity index (χ3v) is 4.86. The van der Waals surface area contributed by atoms with Crippen LogP contribution in [-0.2, 0) is 11.8 Å². The van der Waals surface area contributed by atoms with E-state index in [2.05, 4.69) is 15.5 Å². The zero-order valence-electron chi connectivity index (χ0n) is 13.8. The summed E-state index contributed by atoms with van der Waals surface area (Å²) in [7, 11) is 3.59. The summed E-state index contributed by atoms with van der Waals surface area (Å²) >= 11 is 0. The topological polar surface area (TPSA) is 77.1 Å². The molecule has 24 heavy (non-hydrogen) atoms. The van der Waals surface area contributed by atoms with Gasteiger partial charge >= 0.3 is 0 Å². The number of carbonyl (C=O) groups is 1. The highest BCUT2D eigenvalue weighted by Crippen LogP contribution is 2.39. The fraction of sp³-hybridized carbons (Fsp3) is 0.412. The number of amides is 1. The monoisotopic (exact) mass is 324 g/mol. The van der Waals surface area contributed by atoms with Crippen molar-refractivity contribution in [1.82, 2.24) is 29.7 Å². The summed E-state index contributed by atoms with van der Waals surface area (Å²) in [5, 5.41) is 11.4. The molecule has 0 saturated heterocycles. The quantitative estimate of drug-likeness (QED) is 0.796. The summed E-state index contributed by atoms with van der Waals surface area (Å²) in [5.41, 5.74) is 3.88. The van der Waals surface area contributed by atoms with Gasteiger partial charge < -0.3 is 5.32 Å². The molecule has 0 spiro atoms. The van der Waals surface area contributed by atoms with E-state index < -0.39 is 0 Å². The molecule has 3 heterocycles. The standard InChI is InChI=1S/C17H20N6O/c1-18-17(24)12-4-3-11(7-12)16-15-5-6-19-23(15)10-14(21-16)13-8-20-22(2)9-13/h5-6,8-12H,3-4,7H2,1-2H3,(H,18,24)/t11-,12+/m0/s1. The lowest BCUT2D eigenvalue weighted by Crippen LogP contribution is -2.25. The molecule has 0 radical (unpaired) electrons. The average Bonchev–Trinajstić information content (AvgIpc) is 3.32. The van der Waals surface area contributed by atoms with Crippen LogP contribution in [0.4, 0.5) is 0 Å². The molecule has 3 aromatic heterocycles. The molecular formula is C17H20N6O. The maximum Gasteiger partial charge on any atom is 0.222 e. The minimum Gasteiger partial charge on any atom is -0.359 e. The van der Waals surface area contributed by atoms with Crippen LogP contribution >= 0.6 is 0 Å². The number of fused-ring (bicyclic) bond motifs is 1. The van der Waals surface area contributed by atoms with Gasteiger partial charge in [-0.25, -0.2) is 9.50 Å². The molecule has 1 saturated carbocycles. The van der Waals surface area contributed by atoms with Crippen molar-refractivity contribution >= 4 is 11.4 Å². The van der Waals surface area contributed by atoms with E-state index in [-0.39, 0.29) is 17.7 Å². The van der Waals surface area contributed by atoms with Crippen molar-refractivity contribution in [2.24, 2.45) is 13.0 Å². The average molecular weight is 324 g/mol. The smallest absolute Gasteiger partial charge is 0.222 e. The lowest BCUT2D eigenvalue weighted by Gasteiger charge is -2.13. The van der Waals surface area contributed by atoms with Gasteiger partial charge in [-0.05, 0) is 25.3 Å². The molecule has 7 nitrogen and oxygen atoms in total. The maximum atomic E-state index is 11.9. The number of rotatable bonds is 3. The van der Waals surface area contributed by atoms with Gasteiger partial charge in [0.05, 0.1) is 35.5 Å². The van der Waals surface area contributed by atoms with Crippen LogP contribution in [0.1, 0.15) is 30.9 Å². The number of hydrogen-bond acceptors (Lipinski definition) is 4. The Hall–Kier alpha value is -2.70. The van der Waals surface area contributed by atoms with Gasteiger partial charge in [0.1, 0.15) is 0 Å². The fourth-order valence-electron chi connectivity index (χ4n) is 3.62. The van der Waals surface area contributed by atoms with Crippen molar-refractivity contribution in [2.45, 2.75) is 25.2 Å². The third kappa shape index (κ3) is 2.46. The molecule has 1 aliphatic rings. The Bertz CT molecular complexity index is 896. The minimum absolute atomic E-state index is 0.0758. The molecular weight excluding hydrogens is 304 g/mol. The zero-order chi connectivity index (χ0) is 16.7. The second-order valence-electron chi connectivity index (χ2n) is 6.40. The summed E-state index contributed by atoms with van der Waals surface area (Å²) in [6.07, 6.45) is 10.2. The highest BCUT2D eigenvalue weighted by molar-refractivity contribution is 5.78. The van der Waals surface area contributed by atoms with E-state index in [4.69, 9.17) is 4.98 Å². The van der Waals surface area contributed by atoms with Crippen LogP contribution in [0.2, 0.25) is 0 Å². The van der Waals surface area contributed by atoms with E-state index in [0.717, 1.165) is 41.7 Å². The van der Waals surface area contributed by atoms with Gasteiger partial charge in [0.15, 0.2) is 0 Å². The second-order valence-corrected chi connectivity index (χ2v) is 6.40. The van der Waals surface area contributed by atoms with E-state index in [0.29, 0.717) is 0 Å². The maximum absolute atomic E-state index is 11.9. The number of nitrogens with one attached hydrogen (secondary N) is 1. The SMILES string of the molecule is CNC(=O)[C@@H]1CC[C@H](c2nc(-c3cnn(C)c3)cn3nccc23)C1. The molecule has 1 amide bonds. The van der Waals surface area contributed by atoms with Crippen LogP contribution in [0.5, 0.6) is 0 Å². The van der Waals surface area contributed by atoms with Crippen molar-refractivity contribution in [2.75, 3.05) is 7.05 Å². The van der Waals surface area contributed by atoms with Crippen molar-refractivity contribution in [3.63, 3.8) is 0 Å². The Balaban J connectivity index is 1.75. The van der Waals surface area contributed by atoms with Crippen molar-refractivity contribution < 1.29 is 4.79 Å². The van der Waals surface area contributed by atoms with Gasteiger partial charge in [-0.2, -0.15) is 10.2 Å². The molecule has 2 atom stereocenters. The third-order valence-electron chi connectivity index (χ3n) is 4.86. The first-order valence-electron chi connectivity index (χ1n) is 8.20. The number of aryl methyl sites for hydroxylation is 1. The first-order valence-corrected chi connectivity index (χ1v) is 8.20. The number of carbonyl (C=O) groups excluding carboxylic acids is 1. The number of hydrogen-bond donors (Lipinski definition) is 1. The molecule has 1 aliphatic carbocycles. The van der Waals surface area contributed by atoms with Crippen LogP contribution in [-0.4, -0.2) is 37.3 Å². The fourth-order valence-corrected chi connectivity index (χ4v) is 3.62. The van der Waals surface area contributed by atoms with Crippen LogP contribution in [0.25, 0.3) is 16.8 Å². The molecule has 1 N–H and O–H groups in total. The van der Waals surface area contributed by atoms with Gasteiger partial charge in [-0.3, -0.25) is 9.48 Å². The molecule has 3 aromatic rings. The molecule has 0 aromatic carbocycles.